The van der Waals surface area contributed by atoms with E-state index in [-0.39, 0.29) is 5.91 Å². The summed E-state index contributed by atoms with van der Waals surface area (Å²) < 4.78 is 1.72. The molecule has 1 N–H and O–H groups in total. The van der Waals surface area contributed by atoms with E-state index in [9.17, 15) is 4.79 Å². The Hall–Kier alpha value is -2.24. The van der Waals surface area contributed by atoms with Crippen LogP contribution in [-0.4, -0.2) is 25.4 Å². The molecule has 2 heterocycles. The average Bonchev–Trinajstić information content (AvgIpc) is 3.09. The molecule has 0 atom stereocenters. The molecular weight excluding hydrogens is 278 g/mol. The maximum absolute atomic E-state index is 12.0. The van der Waals surface area contributed by atoms with E-state index in [1.807, 2.05) is 0 Å². The summed E-state index contributed by atoms with van der Waals surface area (Å²) in [6.45, 7) is 0. The van der Waals surface area contributed by atoms with Crippen molar-refractivity contribution in [2.45, 2.75) is 44.9 Å². The predicted molar refractivity (Wildman–Crippen MR) is 83.6 cm³/mol. The van der Waals surface area contributed by atoms with Gasteiger partial charge in [0.1, 0.15) is 6.33 Å². The van der Waals surface area contributed by atoms with Crippen molar-refractivity contribution >= 4 is 11.6 Å². The summed E-state index contributed by atoms with van der Waals surface area (Å²) in [5.41, 5.74) is 0.637. The van der Waals surface area contributed by atoms with Crippen molar-refractivity contribution in [2.24, 2.45) is 5.92 Å². The number of carbonyl (C=O) groups is 1. The molecule has 0 saturated heterocycles. The molecule has 116 valence electrons. The molecule has 1 amide bonds. The molecule has 6 nitrogen and oxygen atoms in total. The summed E-state index contributed by atoms with van der Waals surface area (Å²) in [5.74, 6) is 1.31. The van der Waals surface area contributed by atoms with Crippen molar-refractivity contribution in [3.63, 3.8) is 0 Å². The Labute approximate surface area is 130 Å². The highest BCUT2D eigenvalue weighted by molar-refractivity contribution is 5.90. The number of rotatable bonds is 5. The highest BCUT2D eigenvalue weighted by Gasteiger charge is 2.15. The number of nitrogens with one attached hydrogen (secondary N) is 1. The van der Waals surface area contributed by atoms with Crippen LogP contribution in [-0.2, 0) is 4.79 Å². The van der Waals surface area contributed by atoms with E-state index in [0.29, 0.717) is 18.1 Å². The van der Waals surface area contributed by atoms with E-state index < -0.39 is 0 Å². The van der Waals surface area contributed by atoms with Crippen molar-refractivity contribution in [2.75, 3.05) is 5.32 Å². The number of anilines is 1. The van der Waals surface area contributed by atoms with Gasteiger partial charge >= 0.3 is 0 Å². The van der Waals surface area contributed by atoms with Crippen molar-refractivity contribution < 1.29 is 4.79 Å². The monoisotopic (exact) mass is 299 g/mol. The van der Waals surface area contributed by atoms with Gasteiger partial charge in [-0.05, 0) is 12.3 Å². The first kappa shape index (κ1) is 14.7. The zero-order chi connectivity index (χ0) is 15.2. The Morgan fingerprint density at radius 1 is 1.23 bits per heavy atom. The van der Waals surface area contributed by atoms with Gasteiger partial charge in [0.2, 0.25) is 11.9 Å². The molecule has 0 aliphatic heterocycles. The first-order valence-corrected chi connectivity index (χ1v) is 7.91. The van der Waals surface area contributed by atoms with Crippen molar-refractivity contribution in [1.29, 1.82) is 0 Å². The molecule has 2 aromatic heterocycles. The number of nitrogens with zero attached hydrogens (tertiary/aromatic N) is 4. The summed E-state index contributed by atoms with van der Waals surface area (Å²) in [5, 5.41) is 2.87. The summed E-state index contributed by atoms with van der Waals surface area (Å²) in [6.07, 6.45) is 16.4. The fourth-order valence-corrected chi connectivity index (χ4v) is 2.93. The van der Waals surface area contributed by atoms with Crippen molar-refractivity contribution in [3.05, 3.63) is 31.1 Å². The average molecular weight is 299 g/mol. The molecule has 2 aromatic rings. The molecule has 22 heavy (non-hydrogen) atoms. The van der Waals surface area contributed by atoms with E-state index >= 15 is 0 Å². The molecule has 3 rings (SSSR count). The third-order valence-electron chi connectivity index (χ3n) is 4.16. The third-order valence-corrected chi connectivity index (χ3v) is 4.16. The van der Waals surface area contributed by atoms with Crippen LogP contribution in [0.15, 0.2) is 31.1 Å². The molecule has 1 fully saturated rings. The lowest BCUT2D eigenvalue weighted by molar-refractivity contribution is -0.116. The molecule has 0 bridgehead atoms. The second-order valence-corrected chi connectivity index (χ2v) is 5.83. The van der Waals surface area contributed by atoms with Crippen molar-refractivity contribution in [1.82, 2.24) is 19.5 Å². The zero-order valence-electron chi connectivity index (χ0n) is 12.6. The molecule has 0 spiro atoms. The highest BCUT2D eigenvalue weighted by atomic mass is 16.1. The smallest absolute Gasteiger partial charge is 0.234 e. The van der Waals surface area contributed by atoms with Crippen LogP contribution >= 0.6 is 0 Å². The van der Waals surface area contributed by atoms with Gasteiger partial charge in [0.25, 0.3) is 0 Å². The summed E-state index contributed by atoms with van der Waals surface area (Å²) in [7, 11) is 0. The number of aromatic nitrogens is 4. The highest BCUT2D eigenvalue weighted by Crippen LogP contribution is 2.27. The van der Waals surface area contributed by atoms with Gasteiger partial charge in [0, 0.05) is 18.8 Å². The van der Waals surface area contributed by atoms with Crippen molar-refractivity contribution in [3.8, 4) is 5.95 Å². The van der Waals surface area contributed by atoms with E-state index in [4.69, 9.17) is 0 Å². The van der Waals surface area contributed by atoms with Crippen LogP contribution in [0.1, 0.15) is 44.9 Å². The SMILES string of the molecule is O=C(CCC1CCCCC1)Nc1cnc(-n2ccnc2)nc1. The molecule has 6 heteroatoms. The van der Waals surface area contributed by atoms with Crippen LogP contribution in [0.4, 0.5) is 5.69 Å². The number of amides is 1. The van der Waals surface area contributed by atoms with Crippen LogP contribution in [0, 0.1) is 5.92 Å². The first-order chi connectivity index (χ1) is 10.8. The summed E-state index contributed by atoms with van der Waals surface area (Å²) in [6, 6.07) is 0. The molecule has 0 unspecified atom stereocenters. The second-order valence-electron chi connectivity index (χ2n) is 5.83. The number of hydrogen-bond donors (Lipinski definition) is 1. The van der Waals surface area contributed by atoms with Gasteiger partial charge in [-0.15, -0.1) is 0 Å². The molecule has 1 aliphatic rings. The minimum absolute atomic E-state index is 0.0459. The van der Waals surface area contributed by atoms with Gasteiger partial charge in [-0.25, -0.2) is 15.0 Å². The Morgan fingerprint density at radius 3 is 2.68 bits per heavy atom. The third kappa shape index (κ3) is 3.90. The van der Waals surface area contributed by atoms with Crippen LogP contribution in [0.2, 0.25) is 0 Å². The van der Waals surface area contributed by atoms with Crippen LogP contribution in [0.25, 0.3) is 5.95 Å². The number of carbonyl (C=O) groups excluding carboxylic acids is 1. The number of hydrogen-bond acceptors (Lipinski definition) is 4. The van der Waals surface area contributed by atoms with Gasteiger partial charge < -0.3 is 5.32 Å². The largest absolute Gasteiger partial charge is 0.323 e. The standard InChI is InChI=1S/C16H21N5O/c22-15(7-6-13-4-2-1-3-5-13)20-14-10-18-16(19-11-14)21-9-8-17-12-21/h8-13H,1-7H2,(H,20,22). The maximum Gasteiger partial charge on any atom is 0.234 e. The van der Waals surface area contributed by atoms with Crippen LogP contribution in [0.3, 0.4) is 0 Å². The van der Waals surface area contributed by atoms with Crippen LogP contribution < -0.4 is 5.32 Å². The normalized spacial score (nSPS) is 15.6. The maximum atomic E-state index is 12.0. The van der Waals surface area contributed by atoms with Gasteiger partial charge in [-0.3, -0.25) is 9.36 Å². The predicted octanol–water partition coefficient (Wildman–Crippen LogP) is 2.96. The molecule has 0 aromatic carbocycles. The van der Waals surface area contributed by atoms with Gasteiger partial charge in [0.05, 0.1) is 18.1 Å². The molecular formula is C16H21N5O. The first-order valence-electron chi connectivity index (χ1n) is 7.91. The quantitative estimate of drug-likeness (QED) is 0.921. The Morgan fingerprint density at radius 2 is 2.00 bits per heavy atom. The zero-order valence-corrected chi connectivity index (χ0v) is 12.6. The molecule has 1 saturated carbocycles. The minimum Gasteiger partial charge on any atom is -0.323 e. The Bertz CT molecular complexity index is 588. The lowest BCUT2D eigenvalue weighted by Gasteiger charge is -2.20. The molecule has 0 radical (unpaired) electrons. The lowest BCUT2D eigenvalue weighted by atomic mass is 9.86. The Balaban J connectivity index is 1.48. The molecule has 1 aliphatic carbocycles. The van der Waals surface area contributed by atoms with E-state index in [1.165, 1.54) is 32.1 Å². The van der Waals surface area contributed by atoms with E-state index in [2.05, 4.69) is 20.3 Å². The van der Waals surface area contributed by atoms with Gasteiger partial charge in [0.15, 0.2) is 0 Å². The summed E-state index contributed by atoms with van der Waals surface area (Å²) >= 11 is 0. The Kier molecular flexibility index (Phi) is 4.78. The minimum atomic E-state index is 0.0459. The van der Waals surface area contributed by atoms with Crippen LogP contribution in [0.5, 0.6) is 0 Å². The number of imidazole rings is 1. The topological polar surface area (TPSA) is 72.7 Å². The van der Waals surface area contributed by atoms with Gasteiger partial charge in [-0.2, -0.15) is 0 Å². The fourth-order valence-electron chi connectivity index (χ4n) is 2.93. The summed E-state index contributed by atoms with van der Waals surface area (Å²) in [4.78, 5) is 24.4. The fraction of sp³-hybridized carbons (Fsp3) is 0.500. The van der Waals surface area contributed by atoms with E-state index in [0.717, 1.165) is 12.3 Å². The van der Waals surface area contributed by atoms with E-state index in [1.54, 1.807) is 35.7 Å². The second kappa shape index (κ2) is 7.15. The van der Waals surface area contributed by atoms with Gasteiger partial charge in [-0.1, -0.05) is 32.1 Å². The lowest BCUT2D eigenvalue weighted by Crippen LogP contribution is -2.15.